The minimum atomic E-state index is 0.104. The Bertz CT molecular complexity index is 694. The highest BCUT2D eigenvalue weighted by molar-refractivity contribution is 7.08. The van der Waals surface area contributed by atoms with Gasteiger partial charge in [0.05, 0.1) is 36.7 Å². The monoisotopic (exact) mass is 348 g/mol. The van der Waals surface area contributed by atoms with E-state index in [2.05, 4.69) is 10.00 Å². The maximum absolute atomic E-state index is 12.5. The smallest absolute Gasteiger partial charge is 0.255 e. The lowest BCUT2D eigenvalue weighted by molar-refractivity contribution is 0.0730. The van der Waals surface area contributed by atoms with E-state index in [0.29, 0.717) is 19.8 Å². The number of rotatable bonds is 6. The molecule has 0 bridgehead atoms. The predicted molar refractivity (Wildman–Crippen MR) is 94.2 cm³/mol. The van der Waals surface area contributed by atoms with Crippen molar-refractivity contribution in [2.45, 2.75) is 19.6 Å². The number of likely N-dealkylation sites (N-methyl/N-ethyl adjacent to an activating group) is 1. The molecule has 1 amide bonds. The summed E-state index contributed by atoms with van der Waals surface area (Å²) >= 11 is 1.55. The second-order valence-corrected chi connectivity index (χ2v) is 7.12. The van der Waals surface area contributed by atoms with Gasteiger partial charge in [0, 0.05) is 31.1 Å². The highest BCUT2D eigenvalue weighted by Gasteiger charge is 2.27. The quantitative estimate of drug-likeness (QED) is 0.747. The second kappa shape index (κ2) is 7.46. The van der Waals surface area contributed by atoms with Crippen LogP contribution in [0, 0.1) is 0 Å². The molecule has 0 radical (unpaired) electrons. The van der Waals surface area contributed by atoms with Crippen molar-refractivity contribution in [3.63, 3.8) is 0 Å². The Morgan fingerprint density at radius 2 is 2.29 bits per heavy atom. The number of amides is 1. The molecule has 0 saturated heterocycles. The Morgan fingerprint density at radius 3 is 3.00 bits per heavy atom. The van der Waals surface area contributed by atoms with Crippen molar-refractivity contribution in [2.75, 3.05) is 33.8 Å². The van der Waals surface area contributed by atoms with Gasteiger partial charge >= 0.3 is 0 Å². The minimum Gasteiger partial charge on any atom is -0.374 e. The number of nitrogens with zero attached hydrogens (tertiary/aromatic N) is 4. The van der Waals surface area contributed by atoms with E-state index >= 15 is 0 Å². The zero-order chi connectivity index (χ0) is 17.1. The van der Waals surface area contributed by atoms with Crippen LogP contribution in [0.5, 0.6) is 0 Å². The third-order valence-electron chi connectivity index (χ3n) is 4.31. The normalized spacial score (nSPS) is 14.2. The van der Waals surface area contributed by atoms with Crippen LogP contribution >= 0.6 is 11.3 Å². The topological polar surface area (TPSA) is 50.6 Å². The first-order chi connectivity index (χ1) is 11.6. The first kappa shape index (κ1) is 17.1. The molecule has 24 heavy (non-hydrogen) atoms. The van der Waals surface area contributed by atoms with E-state index in [1.807, 2.05) is 47.6 Å². The number of thiophene rings is 1. The number of hydrogen-bond acceptors (Lipinski definition) is 5. The van der Waals surface area contributed by atoms with E-state index in [9.17, 15) is 4.79 Å². The molecule has 0 N–H and O–H groups in total. The number of carbonyl (C=O) groups is 1. The van der Waals surface area contributed by atoms with Gasteiger partial charge in [-0.3, -0.25) is 9.48 Å². The summed E-state index contributed by atoms with van der Waals surface area (Å²) in [5.41, 5.74) is 4.15. The van der Waals surface area contributed by atoms with Crippen molar-refractivity contribution in [3.8, 4) is 0 Å². The number of aryl methyl sites for hydroxylation is 1. The van der Waals surface area contributed by atoms with Crippen molar-refractivity contribution in [3.05, 3.63) is 39.3 Å². The van der Waals surface area contributed by atoms with Gasteiger partial charge in [0.2, 0.25) is 0 Å². The molecule has 2 aromatic rings. The molecular formula is C17H24N4O2S. The van der Waals surface area contributed by atoms with Crippen molar-refractivity contribution in [2.24, 2.45) is 7.05 Å². The van der Waals surface area contributed by atoms with Gasteiger partial charge < -0.3 is 14.5 Å². The number of fused-ring (bicyclic) bond motifs is 1. The summed E-state index contributed by atoms with van der Waals surface area (Å²) in [6.07, 6.45) is 0.839. The molecule has 6 nitrogen and oxygen atoms in total. The standard InChI is InChI=1S/C17H24N4O2S/c1-19(2)7-8-23-11-15-14-4-6-21(10-16(14)20(3)18-15)17(22)13-5-9-24-12-13/h5,9,12H,4,6-8,10-11H2,1-3H3. The van der Waals surface area contributed by atoms with Crippen LogP contribution < -0.4 is 0 Å². The molecule has 3 heterocycles. The van der Waals surface area contributed by atoms with Crippen molar-refractivity contribution in [1.29, 1.82) is 0 Å². The highest BCUT2D eigenvalue weighted by Crippen LogP contribution is 2.24. The summed E-state index contributed by atoms with van der Waals surface area (Å²) < 4.78 is 7.64. The van der Waals surface area contributed by atoms with Crippen LogP contribution in [-0.4, -0.2) is 59.3 Å². The van der Waals surface area contributed by atoms with Crippen molar-refractivity contribution in [1.82, 2.24) is 19.6 Å². The van der Waals surface area contributed by atoms with Gasteiger partial charge in [0.25, 0.3) is 5.91 Å². The maximum Gasteiger partial charge on any atom is 0.255 e. The van der Waals surface area contributed by atoms with E-state index in [1.54, 1.807) is 11.3 Å². The van der Waals surface area contributed by atoms with Crippen LogP contribution in [0.25, 0.3) is 0 Å². The zero-order valence-corrected chi connectivity index (χ0v) is 15.3. The SMILES string of the molecule is CN(C)CCOCc1nn(C)c2c1CCN(C(=O)c1ccsc1)C2. The molecular weight excluding hydrogens is 324 g/mol. The molecule has 3 rings (SSSR count). The number of ether oxygens (including phenoxy) is 1. The Kier molecular flexibility index (Phi) is 5.33. The summed E-state index contributed by atoms with van der Waals surface area (Å²) in [6.45, 7) is 3.48. The average molecular weight is 348 g/mol. The zero-order valence-electron chi connectivity index (χ0n) is 14.5. The molecule has 7 heteroatoms. The fraction of sp³-hybridized carbons (Fsp3) is 0.529. The van der Waals surface area contributed by atoms with Gasteiger partial charge in [0.1, 0.15) is 0 Å². The molecule has 0 aromatic carbocycles. The summed E-state index contributed by atoms with van der Waals surface area (Å²) in [7, 11) is 6.01. The third kappa shape index (κ3) is 3.68. The van der Waals surface area contributed by atoms with Gasteiger partial charge in [0.15, 0.2) is 0 Å². The van der Waals surface area contributed by atoms with Crippen LogP contribution in [0.1, 0.15) is 27.3 Å². The first-order valence-electron chi connectivity index (χ1n) is 8.14. The number of hydrogen-bond donors (Lipinski definition) is 0. The molecule has 0 saturated carbocycles. The van der Waals surface area contributed by atoms with Crippen LogP contribution in [-0.2, 0) is 31.4 Å². The first-order valence-corrected chi connectivity index (χ1v) is 9.08. The Labute approximate surface area is 146 Å². The van der Waals surface area contributed by atoms with Gasteiger partial charge in [-0.15, -0.1) is 0 Å². The lowest BCUT2D eigenvalue weighted by Gasteiger charge is -2.27. The van der Waals surface area contributed by atoms with E-state index < -0.39 is 0 Å². The van der Waals surface area contributed by atoms with Crippen LogP contribution in [0.15, 0.2) is 16.8 Å². The Hall–Kier alpha value is -1.70. The van der Waals surface area contributed by atoms with E-state index in [-0.39, 0.29) is 5.91 Å². The maximum atomic E-state index is 12.5. The van der Waals surface area contributed by atoms with Gasteiger partial charge in [-0.25, -0.2) is 0 Å². The molecule has 2 aromatic heterocycles. The second-order valence-electron chi connectivity index (χ2n) is 6.34. The van der Waals surface area contributed by atoms with Gasteiger partial charge in [-0.1, -0.05) is 0 Å². The molecule has 0 spiro atoms. The molecule has 0 fully saturated rings. The summed E-state index contributed by atoms with van der Waals surface area (Å²) in [4.78, 5) is 16.5. The Morgan fingerprint density at radius 1 is 1.46 bits per heavy atom. The van der Waals surface area contributed by atoms with E-state index in [0.717, 1.165) is 36.5 Å². The van der Waals surface area contributed by atoms with Crippen molar-refractivity contribution >= 4 is 17.2 Å². The Balaban J connectivity index is 1.66. The van der Waals surface area contributed by atoms with Crippen LogP contribution in [0.3, 0.4) is 0 Å². The molecule has 1 aliphatic heterocycles. The third-order valence-corrected chi connectivity index (χ3v) is 4.99. The lowest BCUT2D eigenvalue weighted by atomic mass is 10.0. The van der Waals surface area contributed by atoms with Gasteiger partial charge in [-0.05, 0) is 32.0 Å². The molecule has 0 aliphatic carbocycles. The van der Waals surface area contributed by atoms with Crippen LogP contribution in [0.4, 0.5) is 0 Å². The average Bonchev–Trinajstić information content (AvgIpc) is 3.19. The molecule has 0 atom stereocenters. The fourth-order valence-electron chi connectivity index (χ4n) is 2.93. The highest BCUT2D eigenvalue weighted by atomic mass is 32.1. The largest absolute Gasteiger partial charge is 0.374 e. The van der Waals surface area contributed by atoms with E-state index in [4.69, 9.17) is 4.74 Å². The fourth-order valence-corrected chi connectivity index (χ4v) is 3.56. The minimum absolute atomic E-state index is 0.104. The van der Waals surface area contributed by atoms with Crippen LogP contribution in [0.2, 0.25) is 0 Å². The lowest BCUT2D eigenvalue weighted by Crippen LogP contribution is -2.36. The van der Waals surface area contributed by atoms with Gasteiger partial charge in [-0.2, -0.15) is 16.4 Å². The van der Waals surface area contributed by atoms with E-state index in [1.165, 1.54) is 5.56 Å². The predicted octanol–water partition coefficient (Wildman–Crippen LogP) is 1.76. The number of aromatic nitrogens is 2. The van der Waals surface area contributed by atoms with Crippen molar-refractivity contribution < 1.29 is 9.53 Å². The molecule has 1 aliphatic rings. The molecule has 0 unspecified atom stereocenters. The number of carbonyl (C=O) groups excluding carboxylic acids is 1. The molecule has 130 valence electrons. The summed E-state index contributed by atoms with van der Waals surface area (Å²) in [5, 5.41) is 8.46. The summed E-state index contributed by atoms with van der Waals surface area (Å²) in [5.74, 6) is 0.104. The summed E-state index contributed by atoms with van der Waals surface area (Å²) in [6, 6.07) is 1.88.